The van der Waals surface area contributed by atoms with Crippen LogP contribution in [0.25, 0.3) is 0 Å². The maximum absolute atomic E-state index is 13.0. The van der Waals surface area contributed by atoms with E-state index in [4.69, 9.17) is 4.74 Å². The number of morpholine rings is 1. The quantitative estimate of drug-likeness (QED) is 0.838. The second kappa shape index (κ2) is 7.46. The minimum absolute atomic E-state index is 0.176. The topological polar surface area (TPSA) is 91.5 Å². The van der Waals surface area contributed by atoms with Crippen LogP contribution in [-0.2, 0) is 14.8 Å². The van der Waals surface area contributed by atoms with E-state index >= 15 is 0 Å². The average Bonchev–Trinajstić information content (AvgIpc) is 2.94. The molecule has 0 radical (unpaired) electrons. The molecule has 1 aromatic heterocycles. The lowest BCUT2D eigenvalue weighted by Gasteiger charge is -2.26. The van der Waals surface area contributed by atoms with Crippen molar-refractivity contribution in [3.05, 3.63) is 46.3 Å². The van der Waals surface area contributed by atoms with E-state index in [1.165, 1.54) is 4.31 Å². The summed E-state index contributed by atoms with van der Waals surface area (Å²) in [5.74, 6) is -0.354. The number of aromatic nitrogens is 1. The van der Waals surface area contributed by atoms with Crippen LogP contribution in [0.2, 0.25) is 0 Å². The molecule has 1 aromatic carbocycles. The van der Waals surface area contributed by atoms with E-state index in [1.807, 2.05) is 32.0 Å². The molecule has 146 valence electrons. The van der Waals surface area contributed by atoms with Crippen molar-refractivity contribution in [2.45, 2.75) is 32.6 Å². The number of amides is 1. The Kier molecular flexibility index (Phi) is 5.41. The lowest BCUT2D eigenvalue weighted by molar-refractivity contribution is 0.0730. The van der Waals surface area contributed by atoms with Gasteiger partial charge in [0.15, 0.2) is 0 Å². The largest absolute Gasteiger partial charge is 0.379 e. The number of H-pyrrole nitrogens is 1. The molecule has 2 heterocycles. The number of anilines is 1. The first-order valence-electron chi connectivity index (χ1n) is 8.88. The summed E-state index contributed by atoms with van der Waals surface area (Å²) < 4.78 is 32.7. The van der Waals surface area contributed by atoms with E-state index in [1.54, 1.807) is 13.8 Å². The molecule has 1 aliphatic rings. The standard InChI is InChI=1S/C19H25N3O4S/c1-12-6-5-7-16(13(12)2)21-19(23)17-14(3)18(15(4)20-17)27(24,25)22-8-10-26-11-9-22/h5-7,20H,8-11H2,1-4H3,(H,21,23). The molecule has 0 spiro atoms. The molecular weight excluding hydrogens is 366 g/mol. The molecule has 27 heavy (non-hydrogen) atoms. The van der Waals surface area contributed by atoms with Gasteiger partial charge in [-0.3, -0.25) is 4.79 Å². The highest BCUT2D eigenvalue weighted by Gasteiger charge is 2.32. The monoisotopic (exact) mass is 391 g/mol. The minimum atomic E-state index is -3.68. The Hall–Kier alpha value is -2.16. The summed E-state index contributed by atoms with van der Waals surface area (Å²) in [7, 11) is -3.68. The molecule has 1 aliphatic heterocycles. The zero-order chi connectivity index (χ0) is 19.8. The van der Waals surface area contributed by atoms with E-state index < -0.39 is 10.0 Å². The van der Waals surface area contributed by atoms with Crippen LogP contribution in [-0.4, -0.2) is 49.9 Å². The molecule has 7 nitrogen and oxygen atoms in total. The van der Waals surface area contributed by atoms with Crippen molar-refractivity contribution in [3.63, 3.8) is 0 Å². The van der Waals surface area contributed by atoms with Gasteiger partial charge in [-0.1, -0.05) is 12.1 Å². The van der Waals surface area contributed by atoms with Crippen molar-refractivity contribution < 1.29 is 17.9 Å². The first-order chi connectivity index (χ1) is 12.7. The Morgan fingerprint density at radius 1 is 1.11 bits per heavy atom. The van der Waals surface area contributed by atoms with Crippen LogP contribution in [0.1, 0.15) is 32.9 Å². The summed E-state index contributed by atoms with van der Waals surface area (Å²) >= 11 is 0. The number of benzene rings is 1. The molecule has 0 unspecified atom stereocenters. The van der Waals surface area contributed by atoms with Gasteiger partial charge in [0, 0.05) is 24.5 Å². The van der Waals surface area contributed by atoms with Crippen LogP contribution in [0, 0.1) is 27.7 Å². The normalized spacial score (nSPS) is 15.7. The van der Waals surface area contributed by atoms with Crippen LogP contribution in [0.15, 0.2) is 23.1 Å². The summed E-state index contributed by atoms with van der Waals surface area (Å²) in [6.07, 6.45) is 0. The number of carbonyl (C=O) groups is 1. The summed E-state index contributed by atoms with van der Waals surface area (Å²) in [5.41, 5.74) is 3.92. The van der Waals surface area contributed by atoms with Gasteiger partial charge in [0.05, 0.1) is 13.2 Å². The van der Waals surface area contributed by atoms with E-state index in [0.29, 0.717) is 43.2 Å². The van der Waals surface area contributed by atoms with Gasteiger partial charge >= 0.3 is 0 Å². The fourth-order valence-corrected chi connectivity index (χ4v) is 5.15. The summed E-state index contributed by atoms with van der Waals surface area (Å²) in [6, 6.07) is 5.68. The highest BCUT2D eigenvalue weighted by molar-refractivity contribution is 7.89. The molecule has 0 saturated carbocycles. The Balaban J connectivity index is 1.93. The van der Waals surface area contributed by atoms with Gasteiger partial charge in [-0.05, 0) is 50.5 Å². The van der Waals surface area contributed by atoms with Gasteiger partial charge < -0.3 is 15.0 Å². The fourth-order valence-electron chi connectivity index (χ4n) is 3.33. The Labute approximate surface area is 159 Å². The third-order valence-electron chi connectivity index (χ3n) is 5.02. The third kappa shape index (κ3) is 3.65. The van der Waals surface area contributed by atoms with Crippen molar-refractivity contribution in [2.24, 2.45) is 0 Å². The molecule has 1 fully saturated rings. The molecule has 8 heteroatoms. The molecule has 0 atom stereocenters. The minimum Gasteiger partial charge on any atom is -0.379 e. The first-order valence-corrected chi connectivity index (χ1v) is 10.3. The second-order valence-electron chi connectivity index (χ2n) is 6.80. The number of sulfonamides is 1. The summed E-state index contributed by atoms with van der Waals surface area (Å²) in [5, 5.41) is 2.88. The van der Waals surface area contributed by atoms with Crippen LogP contribution in [0.3, 0.4) is 0 Å². The number of aryl methyl sites for hydroxylation is 2. The van der Waals surface area contributed by atoms with Gasteiger partial charge in [-0.15, -0.1) is 0 Å². The highest BCUT2D eigenvalue weighted by atomic mass is 32.2. The van der Waals surface area contributed by atoms with Crippen molar-refractivity contribution in [1.29, 1.82) is 0 Å². The molecular formula is C19H25N3O4S. The number of nitrogens with zero attached hydrogens (tertiary/aromatic N) is 1. The number of aromatic amines is 1. The highest BCUT2D eigenvalue weighted by Crippen LogP contribution is 2.28. The molecule has 0 bridgehead atoms. The molecule has 1 amide bonds. The molecule has 2 N–H and O–H groups in total. The predicted molar refractivity (Wildman–Crippen MR) is 104 cm³/mol. The molecule has 0 aliphatic carbocycles. The lowest BCUT2D eigenvalue weighted by atomic mass is 10.1. The van der Waals surface area contributed by atoms with Crippen molar-refractivity contribution in [3.8, 4) is 0 Å². The number of carbonyl (C=O) groups excluding carboxylic acids is 1. The Bertz CT molecular complexity index is 973. The summed E-state index contributed by atoms with van der Waals surface area (Å²) in [4.78, 5) is 15.9. The van der Waals surface area contributed by atoms with Crippen molar-refractivity contribution in [2.75, 3.05) is 31.6 Å². The van der Waals surface area contributed by atoms with Crippen molar-refractivity contribution in [1.82, 2.24) is 9.29 Å². The number of rotatable bonds is 4. The zero-order valence-electron chi connectivity index (χ0n) is 16.0. The zero-order valence-corrected chi connectivity index (χ0v) is 16.9. The van der Waals surface area contributed by atoms with Crippen LogP contribution in [0.5, 0.6) is 0 Å². The predicted octanol–water partition coefficient (Wildman–Crippen LogP) is 2.52. The molecule has 2 aromatic rings. The molecule has 1 saturated heterocycles. The van der Waals surface area contributed by atoms with Crippen LogP contribution >= 0.6 is 0 Å². The van der Waals surface area contributed by atoms with E-state index in [-0.39, 0.29) is 16.5 Å². The Morgan fingerprint density at radius 2 is 1.78 bits per heavy atom. The maximum Gasteiger partial charge on any atom is 0.272 e. The van der Waals surface area contributed by atoms with E-state index in [0.717, 1.165) is 11.1 Å². The SMILES string of the molecule is Cc1cccc(NC(=O)c2[nH]c(C)c(S(=O)(=O)N3CCOCC3)c2C)c1C. The van der Waals surface area contributed by atoms with Crippen LogP contribution < -0.4 is 5.32 Å². The van der Waals surface area contributed by atoms with Gasteiger partial charge in [-0.25, -0.2) is 8.42 Å². The lowest BCUT2D eigenvalue weighted by Crippen LogP contribution is -2.40. The Morgan fingerprint density at radius 3 is 2.44 bits per heavy atom. The second-order valence-corrected chi connectivity index (χ2v) is 8.67. The van der Waals surface area contributed by atoms with Crippen LogP contribution in [0.4, 0.5) is 5.69 Å². The van der Waals surface area contributed by atoms with E-state index in [9.17, 15) is 13.2 Å². The van der Waals surface area contributed by atoms with Gasteiger partial charge in [-0.2, -0.15) is 4.31 Å². The number of nitrogens with one attached hydrogen (secondary N) is 2. The number of hydrogen-bond donors (Lipinski definition) is 2. The van der Waals surface area contributed by atoms with E-state index in [2.05, 4.69) is 10.3 Å². The number of hydrogen-bond acceptors (Lipinski definition) is 4. The van der Waals surface area contributed by atoms with Gasteiger partial charge in [0.1, 0.15) is 10.6 Å². The average molecular weight is 391 g/mol. The molecule has 3 rings (SSSR count). The maximum atomic E-state index is 13.0. The van der Waals surface area contributed by atoms with Gasteiger partial charge in [0.2, 0.25) is 10.0 Å². The van der Waals surface area contributed by atoms with Crippen molar-refractivity contribution >= 4 is 21.6 Å². The smallest absolute Gasteiger partial charge is 0.272 e. The number of ether oxygens (including phenoxy) is 1. The fraction of sp³-hybridized carbons (Fsp3) is 0.421. The first kappa shape index (κ1) is 19.6. The van der Waals surface area contributed by atoms with Gasteiger partial charge in [0.25, 0.3) is 5.91 Å². The third-order valence-corrected chi connectivity index (χ3v) is 7.19. The summed E-state index contributed by atoms with van der Waals surface area (Å²) in [6.45, 7) is 8.63.